The van der Waals surface area contributed by atoms with Crippen LogP contribution < -0.4 is 5.32 Å². The van der Waals surface area contributed by atoms with Crippen molar-refractivity contribution in [3.05, 3.63) is 65.5 Å². The van der Waals surface area contributed by atoms with Crippen LogP contribution in [-0.2, 0) is 6.42 Å². The summed E-state index contributed by atoms with van der Waals surface area (Å²) in [5.41, 5.74) is 2.03. The van der Waals surface area contributed by atoms with Gasteiger partial charge in [-0.1, -0.05) is 12.1 Å². The first-order chi connectivity index (χ1) is 9.79. The number of benzene rings is 1. The van der Waals surface area contributed by atoms with E-state index in [2.05, 4.69) is 10.3 Å². The van der Waals surface area contributed by atoms with Crippen LogP contribution in [0.3, 0.4) is 0 Å². The van der Waals surface area contributed by atoms with E-state index in [1.54, 1.807) is 30.5 Å². The molecule has 4 heteroatoms. The molecule has 0 spiro atoms. The Kier molecular flexibility index (Phi) is 4.85. The first-order valence-corrected chi connectivity index (χ1v) is 6.48. The quantitative estimate of drug-likeness (QED) is 0.844. The number of aromatic nitrogens is 1. The monoisotopic (exact) mass is 265 g/mol. The van der Waals surface area contributed by atoms with Gasteiger partial charge in [-0.3, -0.25) is 9.78 Å². The maximum absolute atomic E-state index is 11.9. The van der Waals surface area contributed by atoms with Gasteiger partial charge in [0, 0.05) is 24.0 Å². The second-order valence-electron chi connectivity index (χ2n) is 4.37. The highest BCUT2D eigenvalue weighted by Gasteiger charge is 2.05. The molecule has 0 fully saturated rings. The molecule has 100 valence electrons. The van der Waals surface area contributed by atoms with Crippen LogP contribution in [0.25, 0.3) is 0 Å². The highest BCUT2D eigenvalue weighted by Crippen LogP contribution is 2.04. The van der Waals surface area contributed by atoms with Crippen LogP contribution in [0.2, 0.25) is 0 Å². The predicted molar refractivity (Wildman–Crippen MR) is 76.0 cm³/mol. The third-order valence-electron chi connectivity index (χ3n) is 2.88. The first-order valence-electron chi connectivity index (χ1n) is 6.48. The van der Waals surface area contributed by atoms with Gasteiger partial charge in [-0.2, -0.15) is 5.26 Å². The summed E-state index contributed by atoms with van der Waals surface area (Å²) in [6.07, 6.45) is 3.43. The maximum Gasteiger partial charge on any atom is 0.251 e. The lowest BCUT2D eigenvalue weighted by Crippen LogP contribution is -2.24. The van der Waals surface area contributed by atoms with Crippen LogP contribution in [-0.4, -0.2) is 17.4 Å². The summed E-state index contributed by atoms with van der Waals surface area (Å²) in [4.78, 5) is 16.1. The predicted octanol–water partition coefficient (Wildman–Crippen LogP) is 2.32. The number of pyridine rings is 1. The van der Waals surface area contributed by atoms with Crippen molar-refractivity contribution in [2.45, 2.75) is 12.8 Å². The third-order valence-corrected chi connectivity index (χ3v) is 2.88. The van der Waals surface area contributed by atoms with Gasteiger partial charge in [0.15, 0.2) is 0 Å². The zero-order valence-electron chi connectivity index (χ0n) is 11.0. The lowest BCUT2D eigenvalue weighted by Gasteiger charge is -2.05. The number of aryl methyl sites for hydroxylation is 1. The highest BCUT2D eigenvalue weighted by atomic mass is 16.1. The fourth-order valence-electron chi connectivity index (χ4n) is 1.85. The van der Waals surface area contributed by atoms with Crippen molar-refractivity contribution in [2.24, 2.45) is 0 Å². The summed E-state index contributed by atoms with van der Waals surface area (Å²) in [7, 11) is 0. The molecule has 0 aliphatic rings. The van der Waals surface area contributed by atoms with Gasteiger partial charge < -0.3 is 5.32 Å². The Hall–Kier alpha value is -2.67. The zero-order chi connectivity index (χ0) is 14.2. The molecule has 0 bridgehead atoms. The van der Waals surface area contributed by atoms with Crippen LogP contribution in [0.4, 0.5) is 0 Å². The van der Waals surface area contributed by atoms with Crippen LogP contribution in [0.15, 0.2) is 48.7 Å². The summed E-state index contributed by atoms with van der Waals surface area (Å²) in [5, 5.41) is 11.6. The molecule has 0 aliphatic carbocycles. The average molecular weight is 265 g/mol. The van der Waals surface area contributed by atoms with Gasteiger partial charge >= 0.3 is 0 Å². The van der Waals surface area contributed by atoms with Crippen LogP contribution in [0.1, 0.15) is 28.0 Å². The normalized spacial score (nSPS) is 9.75. The minimum absolute atomic E-state index is 0.150. The summed E-state index contributed by atoms with van der Waals surface area (Å²) < 4.78 is 0. The lowest BCUT2D eigenvalue weighted by atomic mass is 10.1. The molecule has 2 rings (SSSR count). The van der Waals surface area contributed by atoms with Gasteiger partial charge in [-0.15, -0.1) is 0 Å². The van der Waals surface area contributed by atoms with Crippen molar-refractivity contribution in [1.82, 2.24) is 10.3 Å². The molecule has 2 aromatic rings. The SMILES string of the molecule is N#Cc1cccc(C(=O)NCCCc2ccccn2)c1. The molecule has 0 radical (unpaired) electrons. The molecule has 0 saturated carbocycles. The molecule has 20 heavy (non-hydrogen) atoms. The van der Waals surface area contributed by atoms with E-state index in [9.17, 15) is 4.79 Å². The van der Waals surface area contributed by atoms with Crippen molar-refractivity contribution < 1.29 is 4.79 Å². The van der Waals surface area contributed by atoms with Gasteiger partial charge in [0.2, 0.25) is 0 Å². The Morgan fingerprint density at radius 1 is 1.25 bits per heavy atom. The van der Waals surface area contributed by atoms with E-state index < -0.39 is 0 Å². The van der Waals surface area contributed by atoms with Gasteiger partial charge in [0.05, 0.1) is 11.6 Å². The number of nitrogens with zero attached hydrogens (tertiary/aromatic N) is 2. The maximum atomic E-state index is 11.9. The van der Waals surface area contributed by atoms with Crippen LogP contribution in [0, 0.1) is 11.3 Å². The molecule has 1 N–H and O–H groups in total. The zero-order valence-corrected chi connectivity index (χ0v) is 11.0. The molecule has 1 amide bonds. The third kappa shape index (κ3) is 3.92. The molecule has 0 atom stereocenters. The fraction of sp³-hybridized carbons (Fsp3) is 0.188. The van der Waals surface area contributed by atoms with Crippen molar-refractivity contribution in [1.29, 1.82) is 5.26 Å². The summed E-state index contributed by atoms with van der Waals surface area (Å²) in [5.74, 6) is -0.150. The second-order valence-corrected chi connectivity index (χ2v) is 4.37. The standard InChI is InChI=1S/C16H15N3O/c17-12-13-5-3-6-14(11-13)16(20)19-10-4-8-15-7-1-2-9-18-15/h1-3,5-7,9,11H,4,8,10H2,(H,19,20). The molecular formula is C16H15N3O. The Morgan fingerprint density at radius 2 is 2.15 bits per heavy atom. The molecule has 1 heterocycles. The number of nitriles is 1. The number of hydrogen-bond donors (Lipinski definition) is 1. The number of amides is 1. The van der Waals surface area contributed by atoms with E-state index in [4.69, 9.17) is 5.26 Å². The van der Waals surface area contributed by atoms with Crippen molar-refractivity contribution >= 4 is 5.91 Å². The van der Waals surface area contributed by atoms with E-state index >= 15 is 0 Å². The molecule has 0 saturated heterocycles. The van der Waals surface area contributed by atoms with E-state index in [0.29, 0.717) is 17.7 Å². The second kappa shape index (κ2) is 7.05. The molecular weight excluding hydrogens is 250 g/mol. The number of nitrogens with one attached hydrogen (secondary N) is 1. The highest BCUT2D eigenvalue weighted by molar-refractivity contribution is 5.94. The lowest BCUT2D eigenvalue weighted by molar-refractivity contribution is 0.0953. The topological polar surface area (TPSA) is 65.8 Å². The molecule has 0 unspecified atom stereocenters. The van der Waals surface area contributed by atoms with Crippen LogP contribution in [0.5, 0.6) is 0 Å². The number of carbonyl (C=O) groups is 1. The van der Waals surface area contributed by atoms with E-state index in [1.807, 2.05) is 24.3 Å². The minimum atomic E-state index is -0.150. The summed E-state index contributed by atoms with van der Waals surface area (Å²) >= 11 is 0. The Morgan fingerprint density at radius 3 is 2.90 bits per heavy atom. The first kappa shape index (κ1) is 13.8. The van der Waals surface area contributed by atoms with Gasteiger partial charge in [-0.25, -0.2) is 0 Å². The van der Waals surface area contributed by atoms with Crippen molar-refractivity contribution in [3.63, 3.8) is 0 Å². The Bertz CT molecular complexity index is 617. The van der Waals surface area contributed by atoms with E-state index in [1.165, 1.54) is 0 Å². The summed E-state index contributed by atoms with van der Waals surface area (Å²) in [6, 6.07) is 14.5. The van der Waals surface area contributed by atoms with Crippen molar-refractivity contribution in [3.8, 4) is 6.07 Å². The molecule has 0 aliphatic heterocycles. The fourth-order valence-corrected chi connectivity index (χ4v) is 1.85. The van der Waals surface area contributed by atoms with Gasteiger partial charge in [0.1, 0.15) is 0 Å². The number of rotatable bonds is 5. The average Bonchev–Trinajstić information content (AvgIpc) is 2.52. The Balaban J connectivity index is 1.79. The van der Waals surface area contributed by atoms with E-state index in [0.717, 1.165) is 18.5 Å². The van der Waals surface area contributed by atoms with Crippen LogP contribution >= 0.6 is 0 Å². The van der Waals surface area contributed by atoms with Gasteiger partial charge in [0.25, 0.3) is 5.91 Å². The van der Waals surface area contributed by atoms with E-state index in [-0.39, 0.29) is 5.91 Å². The smallest absolute Gasteiger partial charge is 0.251 e. The number of carbonyl (C=O) groups excluding carboxylic acids is 1. The molecule has 1 aromatic heterocycles. The summed E-state index contributed by atoms with van der Waals surface area (Å²) in [6.45, 7) is 0.589. The Labute approximate surface area is 118 Å². The minimum Gasteiger partial charge on any atom is -0.352 e. The van der Waals surface area contributed by atoms with Crippen molar-refractivity contribution in [2.75, 3.05) is 6.54 Å². The largest absolute Gasteiger partial charge is 0.352 e. The van der Waals surface area contributed by atoms with Gasteiger partial charge in [-0.05, 0) is 43.2 Å². The molecule has 4 nitrogen and oxygen atoms in total. The number of hydrogen-bond acceptors (Lipinski definition) is 3. The molecule has 1 aromatic carbocycles.